The van der Waals surface area contributed by atoms with Crippen molar-refractivity contribution < 1.29 is 85.6 Å². The third-order valence-electron chi connectivity index (χ3n) is 8.31. The highest BCUT2D eigenvalue weighted by Crippen LogP contribution is 2.61. The van der Waals surface area contributed by atoms with Crippen molar-refractivity contribution in [3.63, 3.8) is 0 Å². The van der Waals surface area contributed by atoms with Crippen LogP contribution in [0.25, 0.3) is 11.2 Å². The number of fused-ring (bicyclic) bond motifs is 1. The second-order valence-corrected chi connectivity index (χ2v) is 18.8. The molecule has 25 nitrogen and oxygen atoms in total. The monoisotopic (exact) mass is 915 g/mol. The molecule has 2 amide bonds. The number of carbonyl (C=O) groups is 3. The van der Waals surface area contributed by atoms with Crippen molar-refractivity contribution >= 4 is 69.1 Å². The van der Waals surface area contributed by atoms with Gasteiger partial charge in [-0.15, -0.1) is 0 Å². The van der Waals surface area contributed by atoms with Crippen LogP contribution in [0, 0.1) is 5.41 Å². The molecule has 1 saturated heterocycles. The van der Waals surface area contributed by atoms with Gasteiger partial charge >= 0.3 is 23.5 Å². The first kappa shape index (κ1) is 48.4. The Morgan fingerprint density at radius 3 is 2.36 bits per heavy atom. The number of nitrogens with one attached hydrogen (secondary N) is 2. The van der Waals surface area contributed by atoms with Crippen LogP contribution in [-0.2, 0) is 50.7 Å². The molecule has 11 N–H and O–H groups in total. The first-order valence-corrected chi connectivity index (χ1v) is 22.8. The number of hydrogen-bond acceptors (Lipinski definition) is 19. The van der Waals surface area contributed by atoms with Gasteiger partial charge in [0.1, 0.15) is 36.3 Å². The first-order chi connectivity index (χ1) is 27.5. The Hall–Kier alpha value is -3.26. The van der Waals surface area contributed by atoms with E-state index in [-0.39, 0.29) is 53.8 Å². The Labute approximate surface area is 339 Å². The van der Waals surface area contributed by atoms with Crippen LogP contribution in [0.5, 0.6) is 0 Å². The molecule has 0 saturated carbocycles. The summed E-state index contributed by atoms with van der Waals surface area (Å²) >= 11 is 0.933. The molecule has 2 aromatic heterocycles. The van der Waals surface area contributed by atoms with Gasteiger partial charge in [-0.3, -0.25) is 32.5 Å². The topological polar surface area (TPSA) is 384 Å². The van der Waals surface area contributed by atoms with Crippen LogP contribution in [0.3, 0.4) is 0 Å². The molecule has 1 aliphatic rings. The standard InChI is InChI=1S/C30H44N7O18P3S/c1-30(2,25(42)28(43)33-9-8-20(39)32-10-11-59-21(40)12-18(38)17-6-4-3-5-7-17)14-52-58(49,50)55-57(47,48)51-13-19-24(54-56(44,45)46)23(41)29(53-19)37-16-36-22-26(31)34-15-35-27(22)37/h3-7,15-16,18-19,23-25,29,38,41-42H,8-14H2,1-2H3,(H,32,39)(H,33,43)(H,47,48)(H,49,50)(H2,31,34,35)(H2,44,45,46)/t18?,19-,23-,24-,25?,29-/m1/s1. The highest BCUT2D eigenvalue weighted by atomic mass is 32.2. The van der Waals surface area contributed by atoms with Crippen LogP contribution in [0.1, 0.15) is 44.6 Å². The molecule has 0 bridgehead atoms. The van der Waals surface area contributed by atoms with E-state index >= 15 is 0 Å². The van der Waals surface area contributed by atoms with Crippen molar-refractivity contribution in [3.8, 4) is 0 Å². The molecule has 3 aromatic rings. The minimum Gasteiger partial charge on any atom is -0.388 e. The number of aromatic nitrogens is 4. The Kier molecular flexibility index (Phi) is 16.8. The summed E-state index contributed by atoms with van der Waals surface area (Å²) in [5.41, 5.74) is 4.83. The highest BCUT2D eigenvalue weighted by molar-refractivity contribution is 8.13. The predicted octanol–water partition coefficient (Wildman–Crippen LogP) is -0.212. The van der Waals surface area contributed by atoms with Gasteiger partial charge < -0.3 is 56.0 Å². The van der Waals surface area contributed by atoms with E-state index in [1.54, 1.807) is 30.3 Å². The number of phosphoric ester groups is 3. The third kappa shape index (κ3) is 14.4. The fourth-order valence-electron chi connectivity index (χ4n) is 5.30. The van der Waals surface area contributed by atoms with Crippen LogP contribution in [0.15, 0.2) is 43.0 Å². The van der Waals surface area contributed by atoms with Gasteiger partial charge in [0, 0.05) is 37.1 Å². The molecule has 0 radical (unpaired) electrons. The molecular formula is C30H44N7O18P3S. The summed E-state index contributed by atoms with van der Waals surface area (Å²) in [4.78, 5) is 87.9. The van der Waals surface area contributed by atoms with Crippen LogP contribution in [-0.4, -0.2) is 128 Å². The molecule has 328 valence electrons. The van der Waals surface area contributed by atoms with E-state index in [9.17, 15) is 63.0 Å². The summed E-state index contributed by atoms with van der Waals surface area (Å²) in [6.07, 6.45) is -8.09. The zero-order valence-electron chi connectivity index (χ0n) is 31.2. The molecule has 1 aromatic carbocycles. The second-order valence-electron chi connectivity index (χ2n) is 13.4. The van der Waals surface area contributed by atoms with Crippen LogP contribution in [0.2, 0.25) is 0 Å². The van der Waals surface area contributed by atoms with Gasteiger partial charge in [-0.1, -0.05) is 55.9 Å². The number of anilines is 1. The number of amides is 2. The van der Waals surface area contributed by atoms with Crippen molar-refractivity contribution in [1.82, 2.24) is 30.2 Å². The lowest BCUT2D eigenvalue weighted by Crippen LogP contribution is -2.46. The summed E-state index contributed by atoms with van der Waals surface area (Å²) in [5.74, 6) is -1.30. The second kappa shape index (κ2) is 20.5. The minimum absolute atomic E-state index is 0.0243. The van der Waals surface area contributed by atoms with Gasteiger partial charge in [-0.2, -0.15) is 4.31 Å². The Balaban J connectivity index is 1.20. The Morgan fingerprint density at radius 1 is 1.00 bits per heavy atom. The van der Waals surface area contributed by atoms with E-state index in [1.165, 1.54) is 13.8 Å². The van der Waals surface area contributed by atoms with Crippen molar-refractivity contribution in [1.29, 1.82) is 0 Å². The quantitative estimate of drug-likeness (QED) is 0.0460. The lowest BCUT2D eigenvalue weighted by Gasteiger charge is -2.30. The number of hydrogen-bond donors (Lipinski definition) is 10. The molecule has 4 unspecified atom stereocenters. The highest BCUT2D eigenvalue weighted by Gasteiger charge is 2.50. The summed E-state index contributed by atoms with van der Waals surface area (Å²) in [6, 6.07) is 8.66. The average molecular weight is 916 g/mol. The summed E-state index contributed by atoms with van der Waals surface area (Å²) < 4.78 is 62.1. The normalized spacial score (nSPS) is 21.6. The molecule has 59 heavy (non-hydrogen) atoms. The molecule has 4 rings (SSSR count). The minimum atomic E-state index is -5.58. The molecule has 1 aliphatic heterocycles. The zero-order valence-corrected chi connectivity index (χ0v) is 34.7. The van der Waals surface area contributed by atoms with Crippen LogP contribution >= 0.6 is 35.2 Å². The number of imidazole rings is 1. The van der Waals surface area contributed by atoms with E-state index in [1.807, 2.05) is 0 Å². The summed E-state index contributed by atoms with van der Waals surface area (Å²) in [6.45, 7) is 0.315. The molecule has 3 heterocycles. The number of phosphoric acid groups is 3. The maximum absolute atomic E-state index is 12.7. The van der Waals surface area contributed by atoms with Crippen molar-refractivity contribution in [3.05, 3.63) is 48.5 Å². The summed E-state index contributed by atoms with van der Waals surface area (Å²) in [7, 11) is -16.4. The number of nitrogen functional groups attached to an aromatic ring is 1. The Bertz CT molecular complexity index is 2080. The van der Waals surface area contributed by atoms with E-state index in [2.05, 4.69) is 34.4 Å². The Morgan fingerprint density at radius 2 is 1.68 bits per heavy atom. The predicted molar refractivity (Wildman–Crippen MR) is 203 cm³/mol. The largest absolute Gasteiger partial charge is 0.481 e. The number of nitrogens with two attached hydrogens (primary N) is 1. The molecule has 0 aliphatic carbocycles. The number of aliphatic hydroxyl groups excluding tert-OH is 3. The van der Waals surface area contributed by atoms with Gasteiger partial charge in [0.15, 0.2) is 22.8 Å². The van der Waals surface area contributed by atoms with Crippen molar-refractivity contribution in [2.45, 2.75) is 63.4 Å². The average Bonchev–Trinajstić information content (AvgIpc) is 3.71. The van der Waals surface area contributed by atoms with Crippen LogP contribution in [0.4, 0.5) is 5.82 Å². The van der Waals surface area contributed by atoms with Crippen molar-refractivity contribution in [2.24, 2.45) is 5.41 Å². The smallest absolute Gasteiger partial charge is 0.388 e. The first-order valence-electron chi connectivity index (χ1n) is 17.3. The fourth-order valence-corrected chi connectivity index (χ4v) is 8.84. The number of benzene rings is 1. The molecule has 8 atom stereocenters. The third-order valence-corrected chi connectivity index (χ3v) is 12.3. The van der Waals surface area contributed by atoms with Gasteiger partial charge in [0.05, 0.1) is 25.6 Å². The number of carbonyl (C=O) groups excluding carboxylic acids is 3. The molecular weight excluding hydrogens is 871 g/mol. The number of ether oxygens (including phenoxy) is 1. The molecule has 0 spiro atoms. The lowest BCUT2D eigenvalue weighted by molar-refractivity contribution is -0.137. The molecule has 1 fully saturated rings. The van der Waals surface area contributed by atoms with E-state index in [0.717, 1.165) is 29.0 Å². The van der Waals surface area contributed by atoms with E-state index < -0.39 is 90.7 Å². The summed E-state index contributed by atoms with van der Waals surface area (Å²) in [5, 5.41) is 36.2. The van der Waals surface area contributed by atoms with Gasteiger partial charge in [0.25, 0.3) is 0 Å². The number of nitrogens with zero attached hydrogens (tertiary/aromatic N) is 4. The van der Waals surface area contributed by atoms with E-state index in [4.69, 9.17) is 19.5 Å². The lowest BCUT2D eigenvalue weighted by atomic mass is 9.87. The number of rotatable bonds is 22. The maximum Gasteiger partial charge on any atom is 0.481 e. The zero-order chi connectivity index (χ0) is 43.8. The number of thioether (sulfide) groups is 1. The van der Waals surface area contributed by atoms with Gasteiger partial charge in [-0.05, 0) is 5.56 Å². The fraction of sp³-hybridized carbons (Fsp3) is 0.533. The number of aliphatic hydroxyl groups is 3. The van der Waals surface area contributed by atoms with Gasteiger partial charge in [-0.25, -0.2) is 28.6 Å². The van der Waals surface area contributed by atoms with Crippen molar-refractivity contribution in [2.75, 3.05) is 37.8 Å². The van der Waals surface area contributed by atoms with Gasteiger partial charge in [0.2, 0.25) is 11.8 Å². The van der Waals surface area contributed by atoms with E-state index in [0.29, 0.717) is 5.56 Å². The van der Waals surface area contributed by atoms with Crippen LogP contribution < -0.4 is 16.4 Å². The maximum atomic E-state index is 12.7. The SMILES string of the molecule is CC(C)(COP(=O)(O)OP(=O)(O)OC[C@H]1O[C@@H](n2cnc3c(N)ncnc32)[C@H](O)[C@@H]1OP(=O)(O)O)C(O)C(=O)NCCC(=O)NCCSC(=O)CC(O)c1ccccc1. The molecule has 29 heteroatoms.